The highest BCUT2D eigenvalue weighted by atomic mass is 16.5. The van der Waals surface area contributed by atoms with Crippen molar-refractivity contribution in [3.05, 3.63) is 87.3 Å². The number of aryl methyl sites for hydroxylation is 2. The molecule has 0 aliphatic rings. The number of carbonyl (C=O) groups is 1. The second kappa shape index (κ2) is 8.93. The fraction of sp³-hybridized carbons (Fsp3) is 0.217. The predicted octanol–water partition coefficient (Wildman–Crippen LogP) is 2.04. The Morgan fingerprint density at radius 1 is 1.00 bits per heavy atom. The number of nitrogens with one attached hydrogen (secondary N) is 1. The van der Waals surface area contributed by atoms with Gasteiger partial charge in [-0.1, -0.05) is 30.3 Å². The molecular weight excluding hydrogens is 410 g/mol. The summed E-state index contributed by atoms with van der Waals surface area (Å²) in [4.78, 5) is 41.1. The molecule has 4 rings (SSSR count). The number of imidazole rings is 1. The van der Waals surface area contributed by atoms with E-state index >= 15 is 0 Å². The molecule has 1 N–H and O–H groups in total. The van der Waals surface area contributed by atoms with Crippen molar-refractivity contribution in [1.82, 2.24) is 18.7 Å². The quantitative estimate of drug-likeness (QED) is 0.481. The number of fused-ring (bicyclic) bond motifs is 1. The number of carbonyl (C=O) groups excluding carboxylic acids is 1. The van der Waals surface area contributed by atoms with Crippen LogP contribution in [-0.4, -0.2) is 24.6 Å². The van der Waals surface area contributed by atoms with E-state index in [1.165, 1.54) is 17.9 Å². The average Bonchev–Trinajstić information content (AvgIpc) is 3.24. The highest BCUT2D eigenvalue weighted by molar-refractivity contribution is 5.90. The van der Waals surface area contributed by atoms with Crippen LogP contribution in [0.3, 0.4) is 0 Å². The first kappa shape index (κ1) is 21.1. The molecule has 2 aromatic heterocycles. The van der Waals surface area contributed by atoms with E-state index in [0.29, 0.717) is 29.2 Å². The monoisotopic (exact) mass is 433 g/mol. The molecule has 0 saturated carbocycles. The van der Waals surface area contributed by atoms with Crippen molar-refractivity contribution in [3.63, 3.8) is 0 Å². The Balaban J connectivity index is 1.36. The summed E-state index contributed by atoms with van der Waals surface area (Å²) in [5, 5.41) is 2.83. The third-order valence-electron chi connectivity index (χ3n) is 5.18. The van der Waals surface area contributed by atoms with Crippen molar-refractivity contribution in [2.75, 3.05) is 5.32 Å². The van der Waals surface area contributed by atoms with Gasteiger partial charge in [0, 0.05) is 32.7 Å². The average molecular weight is 433 g/mol. The van der Waals surface area contributed by atoms with Gasteiger partial charge in [0.15, 0.2) is 11.2 Å². The van der Waals surface area contributed by atoms with E-state index in [4.69, 9.17) is 4.74 Å². The van der Waals surface area contributed by atoms with E-state index in [-0.39, 0.29) is 18.9 Å². The topological polar surface area (TPSA) is 100 Å². The number of nitrogens with zero attached hydrogens (tertiary/aromatic N) is 4. The number of rotatable bonds is 7. The summed E-state index contributed by atoms with van der Waals surface area (Å²) in [6, 6.07) is 17.0. The molecule has 0 fully saturated rings. The van der Waals surface area contributed by atoms with Gasteiger partial charge in [-0.2, -0.15) is 0 Å². The molecule has 2 heterocycles. The number of aromatic nitrogens is 4. The molecule has 0 bridgehead atoms. The molecule has 2 aromatic carbocycles. The lowest BCUT2D eigenvalue weighted by molar-refractivity contribution is -0.116. The molecule has 0 atom stereocenters. The Hall–Kier alpha value is -4.14. The Morgan fingerprint density at radius 2 is 1.72 bits per heavy atom. The van der Waals surface area contributed by atoms with E-state index < -0.39 is 11.2 Å². The zero-order valence-electron chi connectivity index (χ0n) is 17.8. The minimum absolute atomic E-state index is 0.143. The minimum Gasteiger partial charge on any atom is -0.489 e. The predicted molar refractivity (Wildman–Crippen MR) is 121 cm³/mol. The molecule has 32 heavy (non-hydrogen) atoms. The number of ether oxygens (including phenoxy) is 1. The van der Waals surface area contributed by atoms with Gasteiger partial charge in [-0.15, -0.1) is 0 Å². The molecule has 0 aliphatic heterocycles. The second-order valence-electron chi connectivity index (χ2n) is 7.41. The Morgan fingerprint density at radius 3 is 2.44 bits per heavy atom. The van der Waals surface area contributed by atoms with Crippen molar-refractivity contribution in [3.8, 4) is 5.75 Å². The summed E-state index contributed by atoms with van der Waals surface area (Å²) >= 11 is 0. The van der Waals surface area contributed by atoms with E-state index in [2.05, 4.69) is 10.3 Å². The van der Waals surface area contributed by atoms with Gasteiger partial charge in [-0.05, 0) is 29.8 Å². The molecule has 0 saturated heterocycles. The van der Waals surface area contributed by atoms with E-state index in [9.17, 15) is 14.4 Å². The van der Waals surface area contributed by atoms with Crippen molar-refractivity contribution >= 4 is 22.8 Å². The number of hydrogen-bond acceptors (Lipinski definition) is 5. The maximum atomic E-state index is 12.5. The molecule has 0 radical (unpaired) electrons. The second-order valence-corrected chi connectivity index (χ2v) is 7.41. The molecular formula is C23H23N5O4. The first-order valence-corrected chi connectivity index (χ1v) is 10.1. The number of hydrogen-bond donors (Lipinski definition) is 1. The Kier molecular flexibility index (Phi) is 5.89. The van der Waals surface area contributed by atoms with Gasteiger partial charge in [0.05, 0.1) is 6.33 Å². The Labute approximate surface area is 183 Å². The van der Waals surface area contributed by atoms with Crippen LogP contribution in [0.4, 0.5) is 5.69 Å². The largest absolute Gasteiger partial charge is 0.489 e. The van der Waals surface area contributed by atoms with Gasteiger partial charge in [-0.3, -0.25) is 18.7 Å². The van der Waals surface area contributed by atoms with E-state index in [0.717, 1.165) is 10.1 Å². The standard InChI is InChI=1S/C23H23N5O4/c1-26-21-20(22(30)27(2)23(26)31)28(15-24-21)13-12-19(29)25-17-8-10-18(11-9-17)32-14-16-6-4-3-5-7-16/h3-11,15H,12-14H2,1-2H3,(H,25,29). The maximum Gasteiger partial charge on any atom is 0.332 e. The SMILES string of the molecule is Cn1c(=O)c2c(ncn2CCC(=O)Nc2ccc(OCc3ccccc3)cc2)n(C)c1=O. The zero-order valence-corrected chi connectivity index (χ0v) is 17.8. The minimum atomic E-state index is -0.443. The van der Waals surface area contributed by atoms with E-state index in [1.807, 2.05) is 30.3 Å². The van der Waals surface area contributed by atoms with Gasteiger partial charge < -0.3 is 14.6 Å². The fourth-order valence-electron chi connectivity index (χ4n) is 3.39. The molecule has 4 aromatic rings. The zero-order chi connectivity index (χ0) is 22.7. The van der Waals surface area contributed by atoms with Crippen LogP contribution in [0.2, 0.25) is 0 Å². The van der Waals surface area contributed by atoms with Crippen molar-refractivity contribution < 1.29 is 9.53 Å². The van der Waals surface area contributed by atoms with Crippen LogP contribution in [0.15, 0.2) is 70.5 Å². The number of anilines is 1. The smallest absolute Gasteiger partial charge is 0.332 e. The van der Waals surface area contributed by atoms with Crippen LogP contribution in [0, 0.1) is 0 Å². The molecule has 0 unspecified atom stereocenters. The molecule has 0 spiro atoms. The molecule has 1 amide bonds. The third kappa shape index (κ3) is 4.31. The first-order valence-electron chi connectivity index (χ1n) is 10.1. The number of amides is 1. The molecule has 9 heteroatoms. The summed E-state index contributed by atoms with van der Waals surface area (Å²) in [6.45, 7) is 0.727. The number of benzene rings is 2. The van der Waals surface area contributed by atoms with Gasteiger partial charge in [0.25, 0.3) is 5.56 Å². The molecule has 164 valence electrons. The van der Waals surface area contributed by atoms with Crippen LogP contribution in [-0.2, 0) is 32.0 Å². The molecule has 0 aliphatic carbocycles. The van der Waals surface area contributed by atoms with Crippen LogP contribution >= 0.6 is 0 Å². The highest BCUT2D eigenvalue weighted by Gasteiger charge is 2.15. The van der Waals surface area contributed by atoms with E-state index in [1.54, 1.807) is 35.9 Å². The Bertz CT molecular complexity index is 1370. The highest BCUT2D eigenvalue weighted by Crippen LogP contribution is 2.17. The summed E-state index contributed by atoms with van der Waals surface area (Å²) in [5.74, 6) is 0.504. The van der Waals surface area contributed by atoms with Crippen LogP contribution in [0.5, 0.6) is 5.75 Å². The van der Waals surface area contributed by atoms with Crippen LogP contribution < -0.4 is 21.3 Å². The van der Waals surface area contributed by atoms with Crippen molar-refractivity contribution in [2.45, 2.75) is 19.6 Å². The van der Waals surface area contributed by atoms with Crippen molar-refractivity contribution in [1.29, 1.82) is 0 Å². The molecule has 9 nitrogen and oxygen atoms in total. The van der Waals surface area contributed by atoms with Gasteiger partial charge in [0.2, 0.25) is 5.91 Å². The third-order valence-corrected chi connectivity index (χ3v) is 5.18. The van der Waals surface area contributed by atoms with Crippen LogP contribution in [0.1, 0.15) is 12.0 Å². The summed E-state index contributed by atoms with van der Waals surface area (Å²) in [6.07, 6.45) is 1.61. The lowest BCUT2D eigenvalue weighted by Gasteiger charge is -2.09. The van der Waals surface area contributed by atoms with Gasteiger partial charge in [-0.25, -0.2) is 9.78 Å². The first-order chi connectivity index (χ1) is 15.4. The summed E-state index contributed by atoms with van der Waals surface area (Å²) in [7, 11) is 2.97. The lowest BCUT2D eigenvalue weighted by Crippen LogP contribution is -2.37. The fourth-order valence-corrected chi connectivity index (χ4v) is 3.39. The van der Waals surface area contributed by atoms with Crippen LogP contribution in [0.25, 0.3) is 11.2 Å². The summed E-state index contributed by atoms with van der Waals surface area (Å²) < 4.78 is 9.69. The normalized spacial score (nSPS) is 10.9. The summed E-state index contributed by atoms with van der Waals surface area (Å²) in [5.41, 5.74) is 1.43. The van der Waals surface area contributed by atoms with Gasteiger partial charge in [0.1, 0.15) is 12.4 Å². The van der Waals surface area contributed by atoms with Gasteiger partial charge >= 0.3 is 5.69 Å². The van der Waals surface area contributed by atoms with Crippen molar-refractivity contribution in [2.24, 2.45) is 14.1 Å². The lowest BCUT2D eigenvalue weighted by atomic mass is 10.2. The maximum absolute atomic E-state index is 12.5.